The van der Waals surface area contributed by atoms with Crippen molar-refractivity contribution in [1.29, 1.82) is 0 Å². The number of amides is 1. The number of hydrogen-bond acceptors (Lipinski definition) is 7. The average Bonchev–Trinajstić information content (AvgIpc) is 2.51. The van der Waals surface area contributed by atoms with Crippen LogP contribution in [-0.4, -0.2) is 42.4 Å². The first kappa shape index (κ1) is 15.9. The number of hydrazine groups is 1. The van der Waals surface area contributed by atoms with Gasteiger partial charge in [0.1, 0.15) is 11.9 Å². The maximum Gasteiger partial charge on any atom is 0.337 e. The van der Waals surface area contributed by atoms with Gasteiger partial charge in [-0.2, -0.15) is 0 Å². The fraction of sp³-hybridized carbons (Fsp3) is 0.333. The molecular formula is C12H16N2O6. The molecule has 0 fully saturated rings. The van der Waals surface area contributed by atoms with E-state index in [9.17, 15) is 19.8 Å². The van der Waals surface area contributed by atoms with Gasteiger partial charge in [0.25, 0.3) is 5.91 Å². The maximum atomic E-state index is 11.7. The van der Waals surface area contributed by atoms with Gasteiger partial charge < -0.3 is 19.7 Å². The minimum atomic E-state index is -1.82. The van der Waals surface area contributed by atoms with Crippen LogP contribution >= 0.6 is 0 Å². The molecule has 0 aliphatic rings. The molecule has 8 heteroatoms. The Labute approximate surface area is 115 Å². The van der Waals surface area contributed by atoms with Crippen LogP contribution in [0, 0.1) is 0 Å². The summed E-state index contributed by atoms with van der Waals surface area (Å²) >= 11 is 0. The first-order valence-electron chi connectivity index (χ1n) is 5.59. The lowest BCUT2D eigenvalue weighted by Crippen LogP contribution is -2.34. The minimum Gasteiger partial charge on any atom is -0.497 e. The highest BCUT2D eigenvalue weighted by Gasteiger charge is 2.29. The number of aliphatic hydroxyl groups is 2. The lowest BCUT2D eigenvalue weighted by Gasteiger charge is -2.19. The van der Waals surface area contributed by atoms with Gasteiger partial charge in [0.15, 0.2) is 6.10 Å². The molecule has 110 valence electrons. The van der Waals surface area contributed by atoms with Crippen molar-refractivity contribution in [2.24, 2.45) is 5.84 Å². The predicted octanol–water partition coefficient (Wildman–Crippen LogP) is -1.13. The van der Waals surface area contributed by atoms with Crippen LogP contribution < -0.4 is 16.0 Å². The van der Waals surface area contributed by atoms with E-state index in [1.807, 2.05) is 5.43 Å². The second-order valence-corrected chi connectivity index (χ2v) is 3.84. The Hall–Kier alpha value is -2.16. The van der Waals surface area contributed by atoms with Gasteiger partial charge in [-0.3, -0.25) is 10.2 Å². The molecule has 0 radical (unpaired) electrons. The van der Waals surface area contributed by atoms with Crippen molar-refractivity contribution in [1.82, 2.24) is 5.43 Å². The number of aliphatic hydroxyl groups excluding tert-OH is 2. The first-order valence-corrected chi connectivity index (χ1v) is 5.59. The Morgan fingerprint density at radius 1 is 1.30 bits per heavy atom. The van der Waals surface area contributed by atoms with Crippen LogP contribution in [0.15, 0.2) is 18.2 Å². The van der Waals surface area contributed by atoms with E-state index in [4.69, 9.17) is 10.6 Å². The number of nitrogens with two attached hydrogens (primary N) is 1. The summed E-state index contributed by atoms with van der Waals surface area (Å²) < 4.78 is 9.28. The van der Waals surface area contributed by atoms with Crippen molar-refractivity contribution in [3.8, 4) is 5.75 Å². The molecule has 1 amide bonds. The molecule has 0 aromatic heterocycles. The fourth-order valence-electron chi connectivity index (χ4n) is 1.61. The molecule has 0 aliphatic heterocycles. The molecular weight excluding hydrogens is 268 g/mol. The Morgan fingerprint density at radius 2 is 1.95 bits per heavy atom. The zero-order valence-corrected chi connectivity index (χ0v) is 11.0. The summed E-state index contributed by atoms with van der Waals surface area (Å²) in [6.07, 6.45) is -3.46. The third-order valence-electron chi connectivity index (χ3n) is 2.70. The molecule has 0 saturated carbocycles. The normalized spacial score (nSPS) is 13.2. The van der Waals surface area contributed by atoms with E-state index in [0.717, 1.165) is 7.11 Å². The fourth-order valence-corrected chi connectivity index (χ4v) is 1.61. The third kappa shape index (κ3) is 3.23. The third-order valence-corrected chi connectivity index (χ3v) is 2.70. The number of hydrogen-bond donors (Lipinski definition) is 4. The van der Waals surface area contributed by atoms with Crippen molar-refractivity contribution in [3.05, 3.63) is 29.3 Å². The highest BCUT2D eigenvalue weighted by atomic mass is 16.5. The highest BCUT2D eigenvalue weighted by Crippen LogP contribution is 2.25. The molecule has 1 aromatic carbocycles. The molecule has 0 heterocycles. The Balaban J connectivity index is 3.22. The van der Waals surface area contributed by atoms with Crippen molar-refractivity contribution >= 4 is 11.9 Å². The number of nitrogen functional groups attached to an aromatic ring is 1. The summed E-state index contributed by atoms with van der Waals surface area (Å²) in [4.78, 5) is 22.9. The number of nitrogens with one attached hydrogen (secondary N) is 1. The lowest BCUT2D eigenvalue weighted by atomic mass is 9.97. The molecule has 20 heavy (non-hydrogen) atoms. The Morgan fingerprint density at radius 3 is 2.45 bits per heavy atom. The van der Waals surface area contributed by atoms with Gasteiger partial charge in [0, 0.05) is 0 Å². The number of methoxy groups -OCH3 is 2. The van der Waals surface area contributed by atoms with Crippen LogP contribution in [0.1, 0.15) is 22.0 Å². The number of carbonyl (C=O) groups is 2. The summed E-state index contributed by atoms with van der Waals surface area (Å²) in [6.45, 7) is 0. The number of rotatable bonds is 5. The monoisotopic (exact) mass is 284 g/mol. The second kappa shape index (κ2) is 6.85. The molecule has 1 rings (SSSR count). The highest BCUT2D eigenvalue weighted by molar-refractivity contribution is 5.96. The maximum absolute atomic E-state index is 11.7. The van der Waals surface area contributed by atoms with E-state index in [1.165, 1.54) is 25.3 Å². The van der Waals surface area contributed by atoms with E-state index in [-0.39, 0.29) is 11.1 Å². The summed E-state index contributed by atoms with van der Waals surface area (Å²) in [5.41, 5.74) is 1.90. The van der Waals surface area contributed by atoms with Gasteiger partial charge in [-0.25, -0.2) is 10.6 Å². The molecule has 1 aromatic rings. The van der Waals surface area contributed by atoms with Crippen molar-refractivity contribution in [3.63, 3.8) is 0 Å². The number of esters is 1. The van der Waals surface area contributed by atoms with Crippen molar-refractivity contribution in [2.45, 2.75) is 12.2 Å². The Kier molecular flexibility index (Phi) is 5.44. The molecule has 2 atom stereocenters. The van der Waals surface area contributed by atoms with E-state index < -0.39 is 24.1 Å². The van der Waals surface area contributed by atoms with E-state index in [0.29, 0.717) is 5.75 Å². The SMILES string of the molecule is COC(=O)C(O)C(O)c1ccc(OC)cc1C(=O)NN. The van der Waals surface area contributed by atoms with Crippen molar-refractivity contribution in [2.75, 3.05) is 14.2 Å². The number of ether oxygens (including phenoxy) is 2. The largest absolute Gasteiger partial charge is 0.497 e. The van der Waals surface area contributed by atoms with Gasteiger partial charge in [0.05, 0.1) is 19.8 Å². The molecule has 0 aliphatic carbocycles. The second-order valence-electron chi connectivity index (χ2n) is 3.84. The van der Waals surface area contributed by atoms with Crippen LogP contribution in [0.3, 0.4) is 0 Å². The number of carbonyl (C=O) groups excluding carboxylic acids is 2. The van der Waals surface area contributed by atoms with E-state index in [2.05, 4.69) is 4.74 Å². The topological polar surface area (TPSA) is 131 Å². The molecule has 2 unspecified atom stereocenters. The van der Waals surface area contributed by atoms with Crippen LogP contribution in [0.25, 0.3) is 0 Å². The summed E-state index contributed by atoms with van der Waals surface area (Å²) in [5.74, 6) is 3.68. The molecule has 8 nitrogen and oxygen atoms in total. The van der Waals surface area contributed by atoms with E-state index >= 15 is 0 Å². The summed E-state index contributed by atoms with van der Waals surface area (Å²) in [7, 11) is 2.47. The van der Waals surface area contributed by atoms with Gasteiger partial charge in [-0.05, 0) is 17.7 Å². The average molecular weight is 284 g/mol. The standard InChI is InChI=1S/C12H16N2O6/c1-19-6-3-4-7(8(5-6)11(17)14-13)9(15)10(16)12(18)20-2/h3-5,9-10,15-16H,13H2,1-2H3,(H,14,17). The zero-order valence-electron chi connectivity index (χ0n) is 11.0. The molecule has 0 bridgehead atoms. The van der Waals surface area contributed by atoms with Gasteiger partial charge in [-0.15, -0.1) is 0 Å². The minimum absolute atomic E-state index is 0.0200. The van der Waals surface area contributed by atoms with Crippen LogP contribution in [0.5, 0.6) is 5.75 Å². The first-order chi connectivity index (χ1) is 9.46. The van der Waals surface area contributed by atoms with Crippen LogP contribution in [-0.2, 0) is 9.53 Å². The summed E-state index contributed by atoms with van der Waals surface area (Å²) in [5, 5.41) is 19.6. The smallest absolute Gasteiger partial charge is 0.337 e. The van der Waals surface area contributed by atoms with Crippen LogP contribution in [0.4, 0.5) is 0 Å². The predicted molar refractivity (Wildman–Crippen MR) is 67.6 cm³/mol. The van der Waals surface area contributed by atoms with E-state index in [1.54, 1.807) is 0 Å². The molecule has 0 spiro atoms. The summed E-state index contributed by atoms with van der Waals surface area (Å²) in [6, 6.07) is 4.14. The van der Waals surface area contributed by atoms with Gasteiger partial charge >= 0.3 is 5.97 Å². The Bertz CT molecular complexity index is 505. The van der Waals surface area contributed by atoms with Crippen LogP contribution in [0.2, 0.25) is 0 Å². The lowest BCUT2D eigenvalue weighted by molar-refractivity contribution is -0.156. The van der Waals surface area contributed by atoms with Gasteiger partial charge in [-0.1, -0.05) is 6.07 Å². The van der Waals surface area contributed by atoms with Gasteiger partial charge in [0.2, 0.25) is 0 Å². The molecule has 0 saturated heterocycles. The molecule has 5 N–H and O–H groups in total. The zero-order chi connectivity index (χ0) is 15.3. The number of benzene rings is 1. The van der Waals surface area contributed by atoms with Crippen molar-refractivity contribution < 1.29 is 29.3 Å². The quantitative estimate of drug-likeness (QED) is 0.233.